The largest absolute Gasteiger partial charge is 0.348 e. The van der Waals surface area contributed by atoms with Crippen LogP contribution in [0.5, 0.6) is 0 Å². The van der Waals surface area contributed by atoms with Crippen molar-refractivity contribution in [2.24, 2.45) is 0 Å². The zero-order valence-corrected chi connectivity index (χ0v) is 23.8. The van der Waals surface area contributed by atoms with E-state index in [-0.39, 0.29) is 11.9 Å². The third kappa shape index (κ3) is 8.11. The number of carbonyl (C=O) groups is 1. The summed E-state index contributed by atoms with van der Waals surface area (Å²) in [6.07, 6.45) is 9.96. The number of amides is 1. The van der Waals surface area contributed by atoms with Gasteiger partial charge >= 0.3 is 0 Å². The van der Waals surface area contributed by atoms with Crippen molar-refractivity contribution in [2.75, 3.05) is 6.54 Å². The van der Waals surface area contributed by atoms with E-state index in [1.807, 2.05) is 18.2 Å². The normalized spacial score (nSPS) is 14.4. The fourth-order valence-corrected chi connectivity index (χ4v) is 5.76. The van der Waals surface area contributed by atoms with Crippen molar-refractivity contribution in [2.45, 2.75) is 95.9 Å². The zero-order chi connectivity index (χ0) is 26.1. The van der Waals surface area contributed by atoms with E-state index in [1.165, 1.54) is 27.2 Å². The van der Waals surface area contributed by atoms with E-state index in [1.54, 1.807) is 11.9 Å². The van der Waals surface area contributed by atoms with Crippen molar-refractivity contribution < 1.29 is 4.79 Å². The highest BCUT2D eigenvalue weighted by Gasteiger charge is 2.20. The number of benzene rings is 2. The van der Waals surface area contributed by atoms with Crippen molar-refractivity contribution in [3.05, 3.63) is 88.5 Å². The van der Waals surface area contributed by atoms with Crippen LogP contribution in [-0.4, -0.2) is 12.5 Å². The van der Waals surface area contributed by atoms with Gasteiger partial charge in [-0.2, -0.15) is 0 Å². The summed E-state index contributed by atoms with van der Waals surface area (Å²) in [5.41, 5.74) is 6.70. The lowest BCUT2D eigenvalue weighted by molar-refractivity contribution is -0.121. The number of allylic oxidation sites excluding steroid dienone is 4. The monoisotopic (exact) mass is 504 g/mol. The second-order valence-electron chi connectivity index (χ2n) is 10.7. The van der Waals surface area contributed by atoms with Crippen LogP contribution in [0.2, 0.25) is 0 Å². The number of nitrogens with one attached hydrogen (secondary N) is 2. The molecule has 1 unspecified atom stereocenters. The van der Waals surface area contributed by atoms with Gasteiger partial charge in [0.15, 0.2) is 0 Å². The highest BCUT2D eigenvalue weighted by atomic mass is 32.2. The minimum absolute atomic E-state index is 0.0774. The molecule has 1 atom stereocenters. The molecule has 3 rings (SSSR count). The summed E-state index contributed by atoms with van der Waals surface area (Å²) in [7, 11) is 0. The van der Waals surface area contributed by atoms with Crippen molar-refractivity contribution in [3.63, 3.8) is 0 Å². The van der Waals surface area contributed by atoms with Gasteiger partial charge in [0.2, 0.25) is 5.91 Å². The van der Waals surface area contributed by atoms with Gasteiger partial charge in [-0.1, -0.05) is 108 Å². The maximum atomic E-state index is 12.9. The highest BCUT2D eigenvalue weighted by Crippen LogP contribution is 2.37. The Balaban J connectivity index is 1.72. The van der Waals surface area contributed by atoms with Crippen LogP contribution in [0.4, 0.5) is 0 Å². The molecule has 1 aliphatic rings. The molecule has 4 heteroatoms. The second-order valence-corrected chi connectivity index (χ2v) is 11.6. The van der Waals surface area contributed by atoms with Gasteiger partial charge in [-0.25, -0.2) is 0 Å². The predicted octanol–water partition coefficient (Wildman–Crippen LogP) is 8.57. The van der Waals surface area contributed by atoms with Crippen LogP contribution in [0.1, 0.15) is 113 Å². The Morgan fingerprint density at radius 3 is 2.11 bits per heavy atom. The lowest BCUT2D eigenvalue weighted by Crippen LogP contribution is -2.34. The molecule has 0 saturated heterocycles. The number of rotatable bonds is 12. The van der Waals surface area contributed by atoms with E-state index < -0.39 is 0 Å². The summed E-state index contributed by atoms with van der Waals surface area (Å²) in [4.78, 5) is 14.2. The van der Waals surface area contributed by atoms with Crippen LogP contribution in [-0.2, 0) is 4.79 Å². The van der Waals surface area contributed by atoms with E-state index in [0.717, 1.165) is 24.8 Å². The minimum Gasteiger partial charge on any atom is -0.348 e. The summed E-state index contributed by atoms with van der Waals surface area (Å²) in [5, 5.41) is 3.30. The van der Waals surface area contributed by atoms with Crippen molar-refractivity contribution >= 4 is 17.9 Å². The topological polar surface area (TPSA) is 41.1 Å². The van der Waals surface area contributed by atoms with Crippen LogP contribution in [0.25, 0.3) is 0 Å². The molecule has 0 radical (unpaired) electrons. The van der Waals surface area contributed by atoms with E-state index in [0.29, 0.717) is 30.7 Å². The summed E-state index contributed by atoms with van der Waals surface area (Å²) in [6, 6.07) is 15.0. The summed E-state index contributed by atoms with van der Waals surface area (Å²) >= 11 is 1.72. The number of hydrogen-bond donors (Lipinski definition) is 2. The Morgan fingerprint density at radius 2 is 1.56 bits per heavy atom. The third-order valence-electron chi connectivity index (χ3n) is 6.84. The Labute approximate surface area is 223 Å². The quantitative estimate of drug-likeness (QED) is 0.225. The second kappa shape index (κ2) is 13.9. The van der Waals surface area contributed by atoms with Crippen LogP contribution in [0.3, 0.4) is 0 Å². The molecule has 0 aromatic heterocycles. The molecule has 36 heavy (non-hydrogen) atoms. The van der Waals surface area contributed by atoms with Gasteiger partial charge in [0, 0.05) is 17.9 Å². The highest BCUT2D eigenvalue weighted by molar-refractivity contribution is 7.97. The maximum absolute atomic E-state index is 12.9. The smallest absolute Gasteiger partial charge is 0.220 e. The first-order valence-electron chi connectivity index (χ1n) is 13.5. The van der Waals surface area contributed by atoms with Crippen molar-refractivity contribution in [3.8, 4) is 0 Å². The van der Waals surface area contributed by atoms with E-state index in [9.17, 15) is 4.79 Å². The molecular weight excluding hydrogens is 460 g/mol. The standard InChI is InChI=1S/C32H44N2OS/c1-22(2)27-19-28(23(3)4)32(29(20-27)24(5)6)36-33-21-30(26-15-11-8-12-16-26)34-31(35)18-17-25-13-9-7-10-14-25/h7-9,11-12,14-16,19-20,22-24,30,33H,10,13,17-18,21H2,1-6H3,(H,34,35). The lowest BCUT2D eigenvalue weighted by Gasteiger charge is -2.24. The van der Waals surface area contributed by atoms with E-state index in [2.05, 4.69) is 94.1 Å². The van der Waals surface area contributed by atoms with Crippen molar-refractivity contribution in [1.29, 1.82) is 0 Å². The molecule has 0 heterocycles. The lowest BCUT2D eigenvalue weighted by atomic mass is 9.89. The van der Waals surface area contributed by atoms with Gasteiger partial charge in [0.05, 0.1) is 6.04 Å². The molecular formula is C32H44N2OS. The van der Waals surface area contributed by atoms with Gasteiger partial charge in [-0.05, 0) is 71.2 Å². The van der Waals surface area contributed by atoms with Crippen LogP contribution >= 0.6 is 11.9 Å². The first-order chi connectivity index (χ1) is 17.3. The van der Waals surface area contributed by atoms with Gasteiger partial charge < -0.3 is 5.32 Å². The van der Waals surface area contributed by atoms with Crippen LogP contribution in [0.15, 0.2) is 71.2 Å². The Bertz CT molecular complexity index is 1020. The fraction of sp³-hybridized carbons (Fsp3) is 0.469. The van der Waals surface area contributed by atoms with Gasteiger partial charge in [-0.3, -0.25) is 9.52 Å². The Hall–Kier alpha value is -2.30. The molecule has 0 bridgehead atoms. The van der Waals surface area contributed by atoms with Crippen LogP contribution in [0, 0.1) is 0 Å². The van der Waals surface area contributed by atoms with Gasteiger partial charge in [-0.15, -0.1) is 0 Å². The third-order valence-corrected chi connectivity index (χ3v) is 7.83. The number of hydrogen-bond acceptors (Lipinski definition) is 3. The van der Waals surface area contributed by atoms with Gasteiger partial charge in [0.25, 0.3) is 0 Å². The molecule has 2 aromatic rings. The summed E-state index contributed by atoms with van der Waals surface area (Å²) in [6.45, 7) is 14.3. The average molecular weight is 505 g/mol. The van der Waals surface area contributed by atoms with Crippen LogP contribution < -0.4 is 10.0 Å². The summed E-state index contributed by atoms with van der Waals surface area (Å²) < 4.78 is 3.63. The fourth-order valence-electron chi connectivity index (χ4n) is 4.54. The molecule has 2 N–H and O–H groups in total. The molecule has 0 spiro atoms. The van der Waals surface area contributed by atoms with Crippen molar-refractivity contribution in [1.82, 2.24) is 10.0 Å². The number of carbonyl (C=O) groups excluding carboxylic acids is 1. The Kier molecular flexibility index (Phi) is 10.9. The predicted molar refractivity (Wildman–Crippen MR) is 156 cm³/mol. The zero-order valence-electron chi connectivity index (χ0n) is 22.9. The molecule has 0 fully saturated rings. The molecule has 194 valence electrons. The Morgan fingerprint density at radius 1 is 0.889 bits per heavy atom. The molecule has 1 aliphatic carbocycles. The average Bonchev–Trinajstić information content (AvgIpc) is 2.87. The van der Waals surface area contributed by atoms with Gasteiger partial charge in [0.1, 0.15) is 0 Å². The first-order valence-corrected chi connectivity index (χ1v) is 14.3. The van der Waals surface area contributed by atoms with E-state index in [4.69, 9.17) is 0 Å². The molecule has 2 aromatic carbocycles. The molecule has 0 aliphatic heterocycles. The SMILES string of the molecule is CC(C)c1cc(C(C)C)c(SNCC(NC(=O)CCC2=CCC=CC2)c2ccccc2)c(C(C)C)c1. The first kappa shape index (κ1) is 28.3. The maximum Gasteiger partial charge on any atom is 0.220 e. The molecule has 3 nitrogen and oxygen atoms in total. The molecule has 1 amide bonds. The summed E-state index contributed by atoms with van der Waals surface area (Å²) in [5.74, 6) is 1.50. The van der Waals surface area contributed by atoms with E-state index >= 15 is 0 Å². The minimum atomic E-state index is -0.0774. The molecule has 0 saturated carbocycles.